The molecule has 2 saturated heterocycles. The topological polar surface area (TPSA) is 53.5 Å². The van der Waals surface area contributed by atoms with Crippen LogP contribution in [0.2, 0.25) is 0 Å². The van der Waals surface area contributed by atoms with Crippen molar-refractivity contribution < 1.29 is 9.59 Å². The van der Waals surface area contributed by atoms with Crippen molar-refractivity contribution in [1.29, 1.82) is 0 Å². The van der Waals surface area contributed by atoms with E-state index in [0.717, 1.165) is 55.8 Å². The number of rotatable bonds is 3. The summed E-state index contributed by atoms with van der Waals surface area (Å²) in [6.07, 6.45) is 3.47. The summed E-state index contributed by atoms with van der Waals surface area (Å²) in [4.78, 5) is 33.5. The molecule has 0 bridgehead atoms. The lowest BCUT2D eigenvalue weighted by Crippen LogP contribution is -2.52. The molecule has 0 atom stereocenters. The van der Waals surface area contributed by atoms with E-state index in [2.05, 4.69) is 4.98 Å². The molecule has 2 amide bonds. The van der Waals surface area contributed by atoms with E-state index in [1.165, 1.54) is 0 Å². The van der Waals surface area contributed by atoms with E-state index in [9.17, 15) is 9.59 Å². The third-order valence-corrected chi connectivity index (χ3v) is 6.61. The molecule has 4 heterocycles. The van der Waals surface area contributed by atoms with Gasteiger partial charge in [0.1, 0.15) is 0 Å². The van der Waals surface area contributed by atoms with Gasteiger partial charge in [0.05, 0.1) is 17.8 Å². The Balaban J connectivity index is 1.40. The van der Waals surface area contributed by atoms with Crippen LogP contribution in [0.1, 0.15) is 47.4 Å². The predicted octanol–water partition coefficient (Wildman–Crippen LogP) is 3.50. The molecule has 2 aliphatic rings. The molecule has 0 N–H and O–H groups in total. The number of carbonyl (C=O) groups excluding carboxylic acids is 2. The molecule has 27 heavy (non-hydrogen) atoms. The van der Waals surface area contributed by atoms with E-state index in [-0.39, 0.29) is 17.2 Å². The molecule has 4 rings (SSSR count). The summed E-state index contributed by atoms with van der Waals surface area (Å²) >= 11 is 1.56. The van der Waals surface area contributed by atoms with Gasteiger partial charge in [-0.3, -0.25) is 14.6 Å². The van der Waals surface area contributed by atoms with E-state index >= 15 is 0 Å². The first-order chi connectivity index (χ1) is 13.0. The number of aromatic nitrogens is 1. The van der Waals surface area contributed by atoms with Crippen molar-refractivity contribution in [2.75, 3.05) is 19.6 Å². The van der Waals surface area contributed by atoms with Crippen LogP contribution in [0, 0.1) is 12.3 Å². The zero-order valence-electron chi connectivity index (χ0n) is 15.7. The molecule has 0 aliphatic carbocycles. The van der Waals surface area contributed by atoms with Crippen molar-refractivity contribution in [2.24, 2.45) is 5.41 Å². The molecule has 1 spiro atoms. The number of thiophene rings is 1. The maximum absolute atomic E-state index is 12.6. The van der Waals surface area contributed by atoms with Gasteiger partial charge in [-0.25, -0.2) is 0 Å². The van der Waals surface area contributed by atoms with Crippen molar-refractivity contribution in [3.63, 3.8) is 0 Å². The molecule has 2 aliphatic heterocycles. The fourth-order valence-corrected chi connectivity index (χ4v) is 4.92. The van der Waals surface area contributed by atoms with Gasteiger partial charge in [-0.15, -0.1) is 0 Å². The first-order valence-corrected chi connectivity index (χ1v) is 10.5. The molecule has 5 nitrogen and oxygen atoms in total. The third-order valence-electron chi connectivity index (χ3n) is 5.93. The maximum atomic E-state index is 12.6. The van der Waals surface area contributed by atoms with Crippen molar-refractivity contribution >= 4 is 23.2 Å². The van der Waals surface area contributed by atoms with Crippen molar-refractivity contribution in [3.8, 4) is 0 Å². The molecular formula is C21H25N3O2S. The van der Waals surface area contributed by atoms with Crippen molar-refractivity contribution in [1.82, 2.24) is 14.8 Å². The normalized spacial score (nSPS) is 19.5. The van der Waals surface area contributed by atoms with Crippen LogP contribution < -0.4 is 0 Å². The van der Waals surface area contributed by atoms with Crippen LogP contribution in [0.4, 0.5) is 0 Å². The predicted molar refractivity (Wildman–Crippen MR) is 106 cm³/mol. The first-order valence-electron chi connectivity index (χ1n) is 9.57. The SMILES string of the molecule is Cc1cccc(CN2CC3(CCC2=O)CCN(C(=O)c2ccsc2)CC3)n1. The average Bonchev–Trinajstić information content (AvgIpc) is 3.20. The first kappa shape index (κ1) is 18.2. The Morgan fingerprint density at radius 2 is 2.04 bits per heavy atom. The van der Waals surface area contributed by atoms with Crippen LogP contribution in [0.25, 0.3) is 0 Å². The van der Waals surface area contributed by atoms with E-state index in [1.54, 1.807) is 11.3 Å². The lowest BCUT2D eigenvalue weighted by atomic mass is 9.72. The number of nitrogens with zero attached hydrogens (tertiary/aromatic N) is 3. The summed E-state index contributed by atoms with van der Waals surface area (Å²) < 4.78 is 0. The van der Waals surface area contributed by atoms with E-state index in [0.29, 0.717) is 13.0 Å². The summed E-state index contributed by atoms with van der Waals surface area (Å²) in [7, 11) is 0. The van der Waals surface area contributed by atoms with Crippen LogP contribution in [0.3, 0.4) is 0 Å². The fraction of sp³-hybridized carbons (Fsp3) is 0.476. The van der Waals surface area contributed by atoms with Gasteiger partial charge in [-0.1, -0.05) is 6.07 Å². The van der Waals surface area contributed by atoms with Gasteiger partial charge >= 0.3 is 0 Å². The summed E-state index contributed by atoms with van der Waals surface area (Å²) in [5.41, 5.74) is 2.86. The number of pyridine rings is 1. The molecule has 0 radical (unpaired) electrons. The molecule has 6 heteroatoms. The molecule has 2 aromatic heterocycles. The van der Waals surface area contributed by atoms with Crippen molar-refractivity contribution in [2.45, 2.75) is 39.2 Å². The highest BCUT2D eigenvalue weighted by Crippen LogP contribution is 2.40. The van der Waals surface area contributed by atoms with E-state index in [4.69, 9.17) is 0 Å². The highest BCUT2D eigenvalue weighted by Gasteiger charge is 2.41. The standard InChI is InChI=1S/C21H25N3O2S/c1-16-3-2-4-18(22-16)13-24-15-21(7-5-19(24)25)8-10-23(11-9-21)20(26)17-6-12-27-14-17/h2-4,6,12,14H,5,7-11,13,15H2,1H3. The van der Waals surface area contributed by atoms with Gasteiger partial charge in [-0.2, -0.15) is 11.3 Å². The lowest BCUT2D eigenvalue weighted by molar-refractivity contribution is -0.139. The Morgan fingerprint density at radius 3 is 2.74 bits per heavy atom. The summed E-state index contributed by atoms with van der Waals surface area (Å²) in [5.74, 6) is 0.361. The van der Waals surface area contributed by atoms with E-state index < -0.39 is 0 Å². The Morgan fingerprint density at radius 1 is 1.22 bits per heavy atom. The van der Waals surface area contributed by atoms with E-state index in [1.807, 2.05) is 51.7 Å². The minimum absolute atomic E-state index is 0.138. The van der Waals surface area contributed by atoms with Gasteiger partial charge in [0.25, 0.3) is 5.91 Å². The van der Waals surface area contributed by atoms with Gasteiger partial charge in [0, 0.05) is 37.1 Å². The number of likely N-dealkylation sites (tertiary alicyclic amines) is 2. The van der Waals surface area contributed by atoms with Gasteiger partial charge < -0.3 is 9.80 Å². The molecule has 0 aromatic carbocycles. The second-order valence-corrected chi connectivity index (χ2v) is 8.60. The number of aryl methyl sites for hydroxylation is 1. The zero-order chi connectivity index (χ0) is 18.9. The summed E-state index contributed by atoms with van der Waals surface area (Å²) in [6.45, 7) is 4.89. The largest absolute Gasteiger partial charge is 0.339 e. The Kier molecular flexibility index (Phi) is 5.00. The number of hydrogen-bond donors (Lipinski definition) is 0. The number of hydrogen-bond acceptors (Lipinski definition) is 4. The lowest BCUT2D eigenvalue weighted by Gasteiger charge is -2.47. The van der Waals surface area contributed by atoms with Gasteiger partial charge in [0.2, 0.25) is 5.91 Å². The highest BCUT2D eigenvalue weighted by molar-refractivity contribution is 7.08. The summed E-state index contributed by atoms with van der Waals surface area (Å²) in [5, 5.41) is 3.87. The quantitative estimate of drug-likeness (QED) is 0.815. The Bertz CT molecular complexity index is 826. The maximum Gasteiger partial charge on any atom is 0.254 e. The smallest absolute Gasteiger partial charge is 0.254 e. The fourth-order valence-electron chi connectivity index (χ4n) is 4.29. The van der Waals surface area contributed by atoms with Gasteiger partial charge in [-0.05, 0) is 55.2 Å². The Labute approximate surface area is 164 Å². The highest BCUT2D eigenvalue weighted by atomic mass is 32.1. The second kappa shape index (κ2) is 7.43. The molecule has 2 fully saturated rings. The van der Waals surface area contributed by atoms with Crippen LogP contribution in [0.15, 0.2) is 35.0 Å². The van der Waals surface area contributed by atoms with Crippen molar-refractivity contribution in [3.05, 3.63) is 52.0 Å². The Hall–Kier alpha value is -2.21. The molecule has 142 valence electrons. The number of carbonyl (C=O) groups is 2. The molecule has 0 unspecified atom stereocenters. The van der Waals surface area contributed by atoms with Crippen LogP contribution >= 0.6 is 11.3 Å². The minimum Gasteiger partial charge on any atom is -0.339 e. The van der Waals surface area contributed by atoms with Crippen LogP contribution in [-0.2, 0) is 11.3 Å². The minimum atomic E-state index is 0.138. The monoisotopic (exact) mass is 383 g/mol. The van der Waals surface area contributed by atoms with Crippen LogP contribution in [-0.4, -0.2) is 46.2 Å². The summed E-state index contributed by atoms with van der Waals surface area (Å²) in [6, 6.07) is 7.86. The number of amides is 2. The number of piperidine rings is 2. The molecule has 0 saturated carbocycles. The molecular weight excluding hydrogens is 358 g/mol. The zero-order valence-corrected chi connectivity index (χ0v) is 16.5. The molecule has 2 aromatic rings. The third kappa shape index (κ3) is 3.90. The second-order valence-electron chi connectivity index (χ2n) is 7.82. The van der Waals surface area contributed by atoms with Gasteiger partial charge in [0.15, 0.2) is 0 Å². The average molecular weight is 384 g/mol. The van der Waals surface area contributed by atoms with Crippen LogP contribution in [0.5, 0.6) is 0 Å².